The van der Waals surface area contributed by atoms with Crippen LogP contribution in [0.2, 0.25) is 0 Å². The number of pyridine rings is 1. The van der Waals surface area contributed by atoms with Crippen LogP contribution in [0, 0.1) is 23.2 Å². The van der Waals surface area contributed by atoms with E-state index >= 15 is 0 Å². The van der Waals surface area contributed by atoms with Gasteiger partial charge in [0.2, 0.25) is 11.7 Å². The molecule has 3 N–H and O–H groups in total. The number of carbonyl (C=O) groups excluding carboxylic acids is 4. The molecule has 4 aliphatic carbocycles. The van der Waals surface area contributed by atoms with Crippen LogP contribution in [0.3, 0.4) is 0 Å². The maximum Gasteiger partial charge on any atom is 0.287 e. The van der Waals surface area contributed by atoms with Gasteiger partial charge in [-0.1, -0.05) is 0 Å². The van der Waals surface area contributed by atoms with Crippen molar-refractivity contribution in [3.63, 3.8) is 0 Å². The van der Waals surface area contributed by atoms with Gasteiger partial charge in [-0.3, -0.25) is 28.7 Å². The average molecular weight is 565 g/mol. The first-order chi connectivity index (χ1) is 19.7. The quantitative estimate of drug-likeness (QED) is 0.358. The van der Waals surface area contributed by atoms with Crippen LogP contribution >= 0.6 is 0 Å². The lowest BCUT2D eigenvalue weighted by Gasteiger charge is -2.45. The first-order valence-electron chi connectivity index (χ1n) is 14.8. The average Bonchev–Trinajstić information content (AvgIpc) is 3.27. The van der Waals surface area contributed by atoms with Gasteiger partial charge < -0.3 is 20.5 Å². The number of fused-ring (bicyclic) bond motifs is 1. The molecule has 2 aromatic rings. The molecule has 0 saturated heterocycles. The van der Waals surface area contributed by atoms with Crippen molar-refractivity contribution in [2.24, 2.45) is 30.2 Å². The molecule has 6 rings (SSSR count). The zero-order valence-electron chi connectivity index (χ0n) is 23.9. The lowest BCUT2D eigenvalue weighted by Crippen LogP contribution is -2.46. The number of aryl methyl sites for hydroxylation is 1. The van der Waals surface area contributed by atoms with E-state index in [-0.39, 0.29) is 35.2 Å². The molecule has 0 radical (unpaired) electrons. The molecule has 0 aromatic carbocycles. The fourth-order valence-electron chi connectivity index (χ4n) is 7.59. The lowest BCUT2D eigenvalue weighted by atomic mass is 9.61. The van der Waals surface area contributed by atoms with E-state index in [9.17, 15) is 24.0 Å². The van der Waals surface area contributed by atoms with Gasteiger partial charge >= 0.3 is 0 Å². The summed E-state index contributed by atoms with van der Waals surface area (Å²) in [7, 11) is 1.60. The van der Waals surface area contributed by atoms with Gasteiger partial charge in [0, 0.05) is 39.0 Å². The largest absolute Gasteiger partial charge is 0.350 e. The molecule has 3 atom stereocenters. The molecule has 2 heterocycles. The van der Waals surface area contributed by atoms with Crippen molar-refractivity contribution >= 4 is 29.2 Å². The highest BCUT2D eigenvalue weighted by molar-refractivity contribution is 6.36. The molecule has 0 spiro atoms. The third-order valence-electron chi connectivity index (χ3n) is 9.24. The van der Waals surface area contributed by atoms with E-state index in [0.717, 1.165) is 37.0 Å². The van der Waals surface area contributed by atoms with Crippen molar-refractivity contribution in [2.45, 2.75) is 77.3 Å². The molecule has 220 valence electrons. The maximum absolute atomic E-state index is 13.6. The minimum Gasteiger partial charge on any atom is -0.350 e. The number of anilines is 1. The zero-order chi connectivity index (χ0) is 29.1. The summed E-state index contributed by atoms with van der Waals surface area (Å²) in [5.74, 6) is -0.296. The summed E-state index contributed by atoms with van der Waals surface area (Å²) in [5, 5.41) is 11.8. The van der Waals surface area contributed by atoms with Crippen molar-refractivity contribution in [3.8, 4) is 0 Å². The molecule has 4 aliphatic rings. The van der Waals surface area contributed by atoms with Gasteiger partial charge in [0.05, 0.1) is 0 Å². The minimum absolute atomic E-state index is 0.112. The van der Waals surface area contributed by atoms with E-state index in [1.165, 1.54) is 42.6 Å². The van der Waals surface area contributed by atoms with Crippen molar-refractivity contribution in [2.75, 3.05) is 11.9 Å². The number of nitrogens with zero attached hydrogens (tertiary/aromatic N) is 3. The fourth-order valence-corrected chi connectivity index (χ4v) is 7.59. The van der Waals surface area contributed by atoms with Crippen LogP contribution < -0.4 is 21.5 Å². The molecule has 11 nitrogen and oxygen atoms in total. The lowest BCUT2D eigenvalue weighted by molar-refractivity contribution is -0.138. The molecule has 3 amide bonds. The predicted molar refractivity (Wildman–Crippen MR) is 152 cm³/mol. The van der Waals surface area contributed by atoms with Crippen LogP contribution in [-0.2, 0) is 28.0 Å². The number of Topliss-reactive ketones (excluding diaryl/α,β-unsaturated/α-hetero) is 1. The van der Waals surface area contributed by atoms with E-state index in [1.807, 2.05) is 0 Å². The Morgan fingerprint density at radius 2 is 1.83 bits per heavy atom. The number of carbonyl (C=O) groups is 4. The molecule has 2 unspecified atom stereocenters. The predicted octanol–water partition coefficient (Wildman–Crippen LogP) is 2.41. The van der Waals surface area contributed by atoms with E-state index in [2.05, 4.69) is 21.0 Å². The topological polar surface area (TPSA) is 144 Å². The summed E-state index contributed by atoms with van der Waals surface area (Å²) in [6.45, 7) is 2.64. The van der Waals surface area contributed by atoms with Gasteiger partial charge in [-0.2, -0.15) is 5.10 Å². The summed E-state index contributed by atoms with van der Waals surface area (Å²) in [4.78, 5) is 64.1. The summed E-state index contributed by atoms with van der Waals surface area (Å²) in [5.41, 5.74) is 0.175. The molecule has 4 fully saturated rings. The van der Waals surface area contributed by atoms with Gasteiger partial charge in [-0.25, -0.2) is 0 Å². The van der Waals surface area contributed by atoms with Gasteiger partial charge in [0.15, 0.2) is 0 Å². The number of aromatic nitrogens is 3. The molecule has 4 bridgehead atoms. The minimum atomic E-state index is -1.16. The van der Waals surface area contributed by atoms with Gasteiger partial charge in [0.25, 0.3) is 17.4 Å². The maximum atomic E-state index is 13.6. The summed E-state index contributed by atoms with van der Waals surface area (Å²) < 4.78 is 3.09. The SMILES string of the molecule is CCNC(=O)C(=O)CC[C@H](NC(=O)c1ccnn1C)C(=O)Nc1cccn(CC23CCC4CC(CC(C4)C2)C3)c1=O. The molecular formula is C30H40N6O5. The molecule has 11 heteroatoms. The Labute approximate surface area is 239 Å². The standard InChI is InChI=1S/C30H40N6O5/c1-3-31-28(40)25(37)7-6-22(33-27(39)24-9-11-32-35(24)2)26(38)34-23-5-4-12-36(29(23)41)18-30-10-8-19-13-20(16-30)15-21(14-19)17-30/h4-5,9,11-12,19-22H,3,6-8,10,13-18H2,1-2H3,(H,31,40)(H,33,39)(H,34,38)/t19?,20?,21?,22-,30?/m0/s1. The smallest absolute Gasteiger partial charge is 0.287 e. The third kappa shape index (κ3) is 6.44. The molecule has 41 heavy (non-hydrogen) atoms. The monoisotopic (exact) mass is 564 g/mol. The number of ketones is 1. The highest BCUT2D eigenvalue weighted by Gasteiger charge is 2.47. The van der Waals surface area contributed by atoms with Crippen LogP contribution in [0.4, 0.5) is 5.69 Å². The zero-order valence-corrected chi connectivity index (χ0v) is 23.9. The van der Waals surface area contributed by atoms with Crippen molar-refractivity contribution in [1.29, 1.82) is 0 Å². The number of rotatable bonds is 11. The van der Waals surface area contributed by atoms with Crippen LogP contribution in [-0.4, -0.2) is 50.4 Å². The van der Waals surface area contributed by atoms with Crippen LogP contribution in [0.25, 0.3) is 0 Å². The third-order valence-corrected chi connectivity index (χ3v) is 9.24. The van der Waals surface area contributed by atoms with Gasteiger partial charge in [0.1, 0.15) is 17.4 Å². The number of hydrogen-bond donors (Lipinski definition) is 3. The van der Waals surface area contributed by atoms with E-state index in [1.54, 1.807) is 36.9 Å². The number of likely N-dealkylation sites (N-methyl/N-ethyl adjacent to an activating group) is 1. The molecule has 2 aromatic heterocycles. The first kappa shape index (κ1) is 28.8. The van der Waals surface area contributed by atoms with Crippen LogP contribution in [0.5, 0.6) is 0 Å². The Morgan fingerprint density at radius 1 is 1.10 bits per heavy atom. The normalized spacial score (nSPS) is 25.3. The van der Waals surface area contributed by atoms with Crippen molar-refractivity contribution in [3.05, 3.63) is 46.6 Å². The Balaban J connectivity index is 1.31. The van der Waals surface area contributed by atoms with E-state index < -0.39 is 29.5 Å². The highest BCUT2D eigenvalue weighted by Crippen LogP contribution is 2.57. The Kier molecular flexibility index (Phi) is 8.42. The second-order valence-corrected chi connectivity index (χ2v) is 12.3. The van der Waals surface area contributed by atoms with Crippen molar-refractivity contribution < 1.29 is 19.2 Å². The Bertz CT molecular complexity index is 1370. The summed E-state index contributed by atoms with van der Waals surface area (Å²) in [6, 6.07) is 3.66. The molecule has 0 aliphatic heterocycles. The Hall–Kier alpha value is -3.76. The highest BCUT2D eigenvalue weighted by atomic mass is 16.2. The fraction of sp³-hybridized carbons (Fsp3) is 0.600. The van der Waals surface area contributed by atoms with Crippen LogP contribution in [0.15, 0.2) is 35.4 Å². The molecular weight excluding hydrogens is 524 g/mol. The Morgan fingerprint density at radius 3 is 2.51 bits per heavy atom. The van der Waals surface area contributed by atoms with Crippen LogP contribution in [0.1, 0.15) is 75.2 Å². The number of amides is 3. The first-order valence-corrected chi connectivity index (χ1v) is 14.8. The van der Waals surface area contributed by atoms with Crippen molar-refractivity contribution in [1.82, 2.24) is 25.0 Å². The summed E-state index contributed by atoms with van der Waals surface area (Å²) >= 11 is 0. The second-order valence-electron chi connectivity index (χ2n) is 12.3. The van der Waals surface area contributed by atoms with E-state index in [4.69, 9.17) is 0 Å². The second kappa shape index (κ2) is 12.0. The number of hydrogen-bond acceptors (Lipinski definition) is 6. The van der Waals surface area contributed by atoms with Gasteiger partial charge in [-0.05, 0) is 99.7 Å². The number of nitrogens with one attached hydrogen (secondary N) is 3. The van der Waals surface area contributed by atoms with Gasteiger partial charge in [-0.15, -0.1) is 0 Å². The molecule has 4 saturated carbocycles. The van der Waals surface area contributed by atoms with E-state index in [0.29, 0.717) is 13.1 Å². The summed E-state index contributed by atoms with van der Waals surface area (Å²) in [6.07, 6.45) is 11.5.